The fourth-order valence-corrected chi connectivity index (χ4v) is 4.46. The Morgan fingerprint density at radius 3 is 2.50 bits per heavy atom. The van der Waals surface area contributed by atoms with Crippen molar-refractivity contribution >= 4 is 35.1 Å². The van der Waals surface area contributed by atoms with Crippen molar-refractivity contribution < 1.29 is 29.1 Å². The van der Waals surface area contributed by atoms with Crippen LogP contribution in [0.2, 0.25) is 0 Å². The van der Waals surface area contributed by atoms with Gasteiger partial charge in [-0.3, -0.25) is 10.1 Å². The zero-order valence-corrected chi connectivity index (χ0v) is 23.0. The third-order valence-corrected chi connectivity index (χ3v) is 6.90. The van der Waals surface area contributed by atoms with Crippen LogP contribution in [0.15, 0.2) is 42.5 Å². The molecule has 38 heavy (non-hydrogen) atoms. The summed E-state index contributed by atoms with van der Waals surface area (Å²) in [5, 5.41) is 23.3. The van der Waals surface area contributed by atoms with Gasteiger partial charge in [0.2, 0.25) is 0 Å². The normalized spacial score (nSPS) is 11.6. The van der Waals surface area contributed by atoms with Crippen molar-refractivity contribution in [3.05, 3.63) is 63.7 Å². The number of hydrogen-bond acceptors (Lipinski definition) is 7. The van der Waals surface area contributed by atoms with Crippen molar-refractivity contribution in [1.82, 2.24) is 4.90 Å². The average Bonchev–Trinajstić information content (AvgIpc) is 2.89. The van der Waals surface area contributed by atoms with E-state index >= 15 is 0 Å². The predicted molar refractivity (Wildman–Crippen MR) is 149 cm³/mol. The molecule has 0 aromatic heterocycles. The number of benzene rings is 2. The number of nitrogens with one attached hydrogen (secondary N) is 1. The summed E-state index contributed by atoms with van der Waals surface area (Å²) >= 11 is 1.84. The number of hydrogen-bond donors (Lipinski definition) is 2. The first kappa shape index (κ1) is 30.9. The van der Waals surface area contributed by atoms with Gasteiger partial charge < -0.3 is 24.8 Å². The summed E-state index contributed by atoms with van der Waals surface area (Å²) in [6.07, 6.45) is 1.26. The number of carbonyl (C=O) groups excluding carboxylic acids is 1. The van der Waals surface area contributed by atoms with Crippen LogP contribution in [0.3, 0.4) is 0 Å². The fourth-order valence-electron chi connectivity index (χ4n) is 3.63. The SMILES string of the molecule is CCCSCCCN(CCOc1ccc(CC(OCC)C(=O)O)cc1)C(=O)Nc1ccc(C)c([N+](=O)[O-])c1. The molecule has 0 aliphatic rings. The van der Waals surface area contributed by atoms with Gasteiger partial charge in [0.05, 0.1) is 11.5 Å². The molecule has 11 heteroatoms. The number of amides is 2. The number of thioether (sulfide) groups is 1. The number of anilines is 1. The summed E-state index contributed by atoms with van der Waals surface area (Å²) in [5.74, 6) is 1.59. The number of carboxylic acid groups (broad SMARTS) is 1. The van der Waals surface area contributed by atoms with Gasteiger partial charge in [0.15, 0.2) is 6.10 Å². The lowest BCUT2D eigenvalue weighted by Gasteiger charge is -2.23. The van der Waals surface area contributed by atoms with Crippen LogP contribution < -0.4 is 10.1 Å². The molecule has 0 aliphatic carbocycles. The van der Waals surface area contributed by atoms with E-state index in [0.717, 1.165) is 29.9 Å². The van der Waals surface area contributed by atoms with Gasteiger partial charge in [0.25, 0.3) is 5.69 Å². The van der Waals surface area contributed by atoms with E-state index in [2.05, 4.69) is 12.2 Å². The van der Waals surface area contributed by atoms with Crippen LogP contribution in [0.25, 0.3) is 0 Å². The molecule has 2 rings (SSSR count). The summed E-state index contributed by atoms with van der Waals surface area (Å²) in [6.45, 7) is 6.95. The molecule has 0 spiro atoms. The number of aryl methyl sites for hydroxylation is 1. The quantitative estimate of drug-likeness (QED) is 0.153. The number of rotatable bonds is 17. The molecule has 0 aliphatic heterocycles. The van der Waals surface area contributed by atoms with Crippen LogP contribution in [-0.4, -0.2) is 70.8 Å². The van der Waals surface area contributed by atoms with Gasteiger partial charge in [-0.25, -0.2) is 9.59 Å². The van der Waals surface area contributed by atoms with E-state index in [1.807, 2.05) is 11.8 Å². The Morgan fingerprint density at radius 2 is 1.87 bits per heavy atom. The first-order valence-electron chi connectivity index (χ1n) is 12.7. The van der Waals surface area contributed by atoms with Gasteiger partial charge in [0.1, 0.15) is 12.4 Å². The van der Waals surface area contributed by atoms with Crippen LogP contribution in [0.4, 0.5) is 16.2 Å². The zero-order valence-electron chi connectivity index (χ0n) is 22.2. The Morgan fingerprint density at radius 1 is 1.13 bits per heavy atom. The number of carbonyl (C=O) groups is 2. The lowest BCUT2D eigenvalue weighted by atomic mass is 10.1. The third kappa shape index (κ3) is 10.6. The van der Waals surface area contributed by atoms with Crippen molar-refractivity contribution in [2.45, 2.75) is 46.1 Å². The number of urea groups is 1. The van der Waals surface area contributed by atoms with Gasteiger partial charge in [-0.05, 0) is 62.0 Å². The highest BCUT2D eigenvalue weighted by molar-refractivity contribution is 7.99. The first-order valence-corrected chi connectivity index (χ1v) is 13.8. The second-order valence-electron chi connectivity index (χ2n) is 8.62. The van der Waals surface area contributed by atoms with E-state index in [9.17, 15) is 24.8 Å². The molecular weight excluding hydrogens is 510 g/mol. The van der Waals surface area contributed by atoms with Crippen molar-refractivity contribution in [3.63, 3.8) is 0 Å². The Labute approximate surface area is 227 Å². The van der Waals surface area contributed by atoms with E-state index in [1.54, 1.807) is 55.1 Å². The second kappa shape index (κ2) is 16.5. The molecule has 0 bridgehead atoms. The average molecular weight is 548 g/mol. The number of carboxylic acids is 1. The third-order valence-electron chi connectivity index (χ3n) is 5.63. The maximum absolute atomic E-state index is 13.0. The van der Waals surface area contributed by atoms with E-state index in [0.29, 0.717) is 36.7 Å². The molecule has 0 heterocycles. The molecule has 208 valence electrons. The zero-order chi connectivity index (χ0) is 27.9. The minimum Gasteiger partial charge on any atom is -0.492 e. The Bertz CT molecular complexity index is 1050. The predicted octanol–water partition coefficient (Wildman–Crippen LogP) is 5.38. The highest BCUT2D eigenvalue weighted by Crippen LogP contribution is 2.22. The van der Waals surface area contributed by atoms with Gasteiger partial charge in [-0.15, -0.1) is 0 Å². The molecule has 0 radical (unpaired) electrons. The lowest BCUT2D eigenvalue weighted by Crippen LogP contribution is -2.38. The number of aliphatic carboxylic acids is 1. The molecule has 2 amide bonds. The lowest BCUT2D eigenvalue weighted by molar-refractivity contribution is -0.385. The Kier molecular flexibility index (Phi) is 13.4. The molecule has 2 aromatic rings. The minimum absolute atomic E-state index is 0.0481. The molecule has 1 atom stereocenters. The molecule has 0 saturated heterocycles. The van der Waals surface area contributed by atoms with Gasteiger partial charge in [0, 0.05) is 36.9 Å². The maximum atomic E-state index is 13.0. The fraction of sp³-hybridized carbons (Fsp3) is 0.481. The van der Waals surface area contributed by atoms with E-state index in [-0.39, 0.29) is 24.7 Å². The highest BCUT2D eigenvalue weighted by Gasteiger charge is 2.19. The molecule has 2 aromatic carbocycles. The molecule has 2 N–H and O–H groups in total. The number of nitro benzene ring substituents is 1. The largest absolute Gasteiger partial charge is 0.492 e. The summed E-state index contributed by atoms with van der Waals surface area (Å²) in [5.41, 5.74) is 1.65. The van der Waals surface area contributed by atoms with E-state index < -0.39 is 17.0 Å². The summed E-state index contributed by atoms with van der Waals surface area (Å²) in [4.78, 5) is 36.8. The van der Waals surface area contributed by atoms with Gasteiger partial charge in [-0.2, -0.15) is 11.8 Å². The molecular formula is C27H37N3O7S. The van der Waals surface area contributed by atoms with Crippen molar-refractivity contribution in [2.75, 3.05) is 43.1 Å². The van der Waals surface area contributed by atoms with Crippen molar-refractivity contribution in [2.24, 2.45) is 0 Å². The standard InChI is InChI=1S/C27H37N3O7S/c1-4-16-38-17-6-13-29(27(33)28-22-10-7-20(3)24(19-22)30(34)35)14-15-37-23-11-8-21(9-12-23)18-25(26(31)32)36-5-2/h7-12,19,25H,4-6,13-18H2,1-3H3,(H,28,33)(H,31,32). The summed E-state index contributed by atoms with van der Waals surface area (Å²) in [6, 6.07) is 11.4. The van der Waals surface area contributed by atoms with E-state index in [4.69, 9.17) is 9.47 Å². The van der Waals surface area contributed by atoms with Crippen LogP contribution in [0, 0.1) is 17.0 Å². The first-order chi connectivity index (χ1) is 18.2. The van der Waals surface area contributed by atoms with Gasteiger partial charge in [-0.1, -0.05) is 25.1 Å². The van der Waals surface area contributed by atoms with Gasteiger partial charge >= 0.3 is 12.0 Å². The topological polar surface area (TPSA) is 131 Å². The van der Waals surface area contributed by atoms with Crippen LogP contribution >= 0.6 is 11.8 Å². The highest BCUT2D eigenvalue weighted by atomic mass is 32.2. The van der Waals surface area contributed by atoms with Crippen molar-refractivity contribution in [3.8, 4) is 5.75 Å². The maximum Gasteiger partial charge on any atom is 0.333 e. The van der Waals surface area contributed by atoms with Crippen molar-refractivity contribution in [1.29, 1.82) is 0 Å². The summed E-state index contributed by atoms with van der Waals surface area (Å²) in [7, 11) is 0. The molecule has 0 saturated carbocycles. The Balaban J connectivity index is 1.97. The van der Waals surface area contributed by atoms with Crippen LogP contribution in [-0.2, 0) is 16.0 Å². The minimum atomic E-state index is -1.00. The Hall–Kier alpha value is -3.31. The number of ether oxygens (including phenoxy) is 2. The molecule has 1 unspecified atom stereocenters. The molecule has 0 fully saturated rings. The second-order valence-corrected chi connectivity index (χ2v) is 9.85. The van der Waals surface area contributed by atoms with Crippen LogP contribution in [0.5, 0.6) is 5.75 Å². The number of nitro groups is 1. The van der Waals surface area contributed by atoms with E-state index in [1.165, 1.54) is 6.07 Å². The summed E-state index contributed by atoms with van der Waals surface area (Å²) < 4.78 is 11.1. The monoisotopic (exact) mass is 547 g/mol. The van der Waals surface area contributed by atoms with Crippen LogP contribution in [0.1, 0.15) is 37.8 Å². The number of nitrogens with zero attached hydrogens (tertiary/aromatic N) is 2. The smallest absolute Gasteiger partial charge is 0.333 e. The molecule has 10 nitrogen and oxygen atoms in total.